The van der Waals surface area contributed by atoms with Crippen LogP contribution in [-0.4, -0.2) is 28.4 Å². The summed E-state index contributed by atoms with van der Waals surface area (Å²) >= 11 is 0. The molecule has 1 aliphatic carbocycles. The number of aromatic amines is 1. The van der Waals surface area contributed by atoms with E-state index in [2.05, 4.69) is 9.72 Å². The molecule has 0 radical (unpaired) electrons. The van der Waals surface area contributed by atoms with Gasteiger partial charge in [0.1, 0.15) is 5.76 Å². The van der Waals surface area contributed by atoms with E-state index in [9.17, 15) is 14.7 Å². The SMILES string of the molecule is CCOC(=O)C(=O)C1=C(O)c2[nH]c3ccccc3c2C1. The number of ketones is 1. The molecule has 2 aromatic rings. The lowest BCUT2D eigenvalue weighted by atomic mass is 10.1. The first-order valence-electron chi connectivity index (χ1n) is 6.37. The number of hydrogen-bond acceptors (Lipinski definition) is 4. The Morgan fingerprint density at radius 1 is 1.35 bits per heavy atom. The smallest absolute Gasteiger partial charge is 0.379 e. The topological polar surface area (TPSA) is 79.4 Å². The first-order chi connectivity index (χ1) is 9.63. The fourth-order valence-electron chi connectivity index (χ4n) is 2.50. The normalized spacial score (nSPS) is 13.7. The van der Waals surface area contributed by atoms with Crippen molar-refractivity contribution >= 4 is 28.4 Å². The second-order valence-corrected chi connectivity index (χ2v) is 4.58. The van der Waals surface area contributed by atoms with E-state index < -0.39 is 11.8 Å². The highest BCUT2D eigenvalue weighted by molar-refractivity contribution is 6.42. The molecule has 5 nitrogen and oxygen atoms in total. The number of aliphatic hydroxyl groups excluding tert-OH is 1. The molecule has 0 aliphatic heterocycles. The fraction of sp³-hybridized carbons (Fsp3) is 0.200. The molecule has 3 rings (SSSR count). The van der Waals surface area contributed by atoms with Crippen LogP contribution in [0.1, 0.15) is 18.2 Å². The number of carbonyl (C=O) groups is 2. The van der Waals surface area contributed by atoms with Gasteiger partial charge in [0.15, 0.2) is 0 Å². The molecule has 1 aliphatic rings. The van der Waals surface area contributed by atoms with Crippen LogP contribution in [0.4, 0.5) is 0 Å². The van der Waals surface area contributed by atoms with Crippen LogP contribution in [0, 0.1) is 0 Å². The molecule has 1 aromatic heterocycles. The van der Waals surface area contributed by atoms with Gasteiger partial charge in [-0.1, -0.05) is 18.2 Å². The molecule has 1 heterocycles. The van der Waals surface area contributed by atoms with Crippen LogP contribution in [0.2, 0.25) is 0 Å². The summed E-state index contributed by atoms with van der Waals surface area (Å²) < 4.78 is 4.68. The Balaban J connectivity index is 2.02. The quantitative estimate of drug-likeness (QED) is 0.662. The molecule has 102 valence electrons. The first kappa shape index (κ1) is 12.5. The average Bonchev–Trinajstić information content (AvgIpc) is 2.96. The third-order valence-electron chi connectivity index (χ3n) is 3.42. The van der Waals surface area contributed by atoms with E-state index in [1.165, 1.54) is 0 Å². The number of para-hydroxylation sites is 1. The monoisotopic (exact) mass is 271 g/mol. The predicted octanol–water partition coefficient (Wildman–Crippen LogP) is 2.13. The molecule has 0 saturated heterocycles. The summed E-state index contributed by atoms with van der Waals surface area (Å²) in [7, 11) is 0. The van der Waals surface area contributed by atoms with Crippen molar-refractivity contribution in [2.75, 3.05) is 6.61 Å². The Hall–Kier alpha value is -2.56. The summed E-state index contributed by atoms with van der Waals surface area (Å²) in [6.07, 6.45) is 0.239. The van der Waals surface area contributed by atoms with Crippen LogP contribution < -0.4 is 0 Å². The third-order valence-corrected chi connectivity index (χ3v) is 3.42. The van der Waals surface area contributed by atoms with Gasteiger partial charge in [-0.15, -0.1) is 0 Å². The molecule has 0 unspecified atom stereocenters. The van der Waals surface area contributed by atoms with Crippen LogP contribution in [0.15, 0.2) is 29.8 Å². The highest BCUT2D eigenvalue weighted by Gasteiger charge is 2.33. The Kier molecular flexibility index (Phi) is 2.82. The molecule has 0 spiro atoms. The minimum Gasteiger partial charge on any atom is -0.505 e. The molecule has 20 heavy (non-hydrogen) atoms. The zero-order valence-electron chi connectivity index (χ0n) is 10.9. The van der Waals surface area contributed by atoms with E-state index in [1.54, 1.807) is 6.92 Å². The van der Waals surface area contributed by atoms with Gasteiger partial charge in [0.2, 0.25) is 0 Å². The van der Waals surface area contributed by atoms with Crippen molar-refractivity contribution < 1.29 is 19.4 Å². The van der Waals surface area contributed by atoms with Crippen LogP contribution in [0.3, 0.4) is 0 Å². The molecule has 0 bridgehead atoms. The van der Waals surface area contributed by atoms with Crippen molar-refractivity contribution in [1.82, 2.24) is 4.98 Å². The second-order valence-electron chi connectivity index (χ2n) is 4.58. The van der Waals surface area contributed by atoms with Gasteiger partial charge in [-0.2, -0.15) is 0 Å². The number of aromatic nitrogens is 1. The van der Waals surface area contributed by atoms with Gasteiger partial charge in [-0.3, -0.25) is 4.79 Å². The van der Waals surface area contributed by atoms with E-state index in [0.29, 0.717) is 5.69 Å². The van der Waals surface area contributed by atoms with E-state index >= 15 is 0 Å². The molecular weight excluding hydrogens is 258 g/mol. The molecule has 5 heteroatoms. The highest BCUT2D eigenvalue weighted by Crippen LogP contribution is 2.36. The Labute approximate surface area is 114 Å². The first-order valence-corrected chi connectivity index (χ1v) is 6.37. The molecule has 0 atom stereocenters. The van der Waals surface area contributed by atoms with Crippen LogP contribution in [-0.2, 0) is 20.7 Å². The van der Waals surface area contributed by atoms with E-state index in [1.807, 2.05) is 24.3 Å². The van der Waals surface area contributed by atoms with E-state index in [4.69, 9.17) is 0 Å². The number of nitrogens with one attached hydrogen (secondary N) is 1. The number of ether oxygens (including phenoxy) is 1. The van der Waals surface area contributed by atoms with Crippen molar-refractivity contribution in [1.29, 1.82) is 0 Å². The molecule has 2 N–H and O–H groups in total. The highest BCUT2D eigenvalue weighted by atomic mass is 16.5. The Morgan fingerprint density at radius 2 is 2.10 bits per heavy atom. The summed E-state index contributed by atoms with van der Waals surface area (Å²) in [5.41, 5.74) is 2.34. The van der Waals surface area contributed by atoms with Gasteiger partial charge in [0.05, 0.1) is 17.9 Å². The predicted molar refractivity (Wildman–Crippen MR) is 73.2 cm³/mol. The van der Waals surface area contributed by atoms with Gasteiger partial charge in [-0.25, -0.2) is 4.79 Å². The van der Waals surface area contributed by atoms with Crippen LogP contribution in [0.5, 0.6) is 0 Å². The van der Waals surface area contributed by atoms with Gasteiger partial charge in [-0.05, 0) is 18.6 Å². The molecule has 0 amide bonds. The largest absolute Gasteiger partial charge is 0.505 e. The van der Waals surface area contributed by atoms with Gasteiger partial charge < -0.3 is 14.8 Å². The van der Waals surface area contributed by atoms with Crippen LogP contribution >= 0.6 is 0 Å². The molecule has 0 fully saturated rings. The van der Waals surface area contributed by atoms with Gasteiger partial charge in [0, 0.05) is 17.3 Å². The van der Waals surface area contributed by atoms with Crippen molar-refractivity contribution in [3.63, 3.8) is 0 Å². The zero-order valence-corrected chi connectivity index (χ0v) is 10.9. The van der Waals surface area contributed by atoms with Crippen molar-refractivity contribution in [3.05, 3.63) is 41.1 Å². The Bertz CT molecular complexity index is 754. The summed E-state index contributed by atoms with van der Waals surface area (Å²) in [6, 6.07) is 7.58. The number of rotatable bonds is 3. The van der Waals surface area contributed by atoms with Crippen molar-refractivity contribution in [3.8, 4) is 0 Å². The fourth-order valence-corrected chi connectivity index (χ4v) is 2.50. The molecule has 1 aromatic carbocycles. The van der Waals surface area contributed by atoms with E-state index in [0.717, 1.165) is 16.5 Å². The number of aliphatic hydroxyl groups is 1. The van der Waals surface area contributed by atoms with Gasteiger partial charge >= 0.3 is 5.97 Å². The number of Topliss-reactive ketones (excluding diaryl/α,β-unsaturated/α-hetero) is 1. The lowest BCUT2D eigenvalue weighted by Gasteiger charge is -2.02. The summed E-state index contributed by atoms with van der Waals surface area (Å²) in [4.78, 5) is 26.5. The number of H-pyrrole nitrogens is 1. The molecular formula is C15H13NO4. The maximum atomic E-state index is 11.9. The third kappa shape index (κ3) is 1.71. The zero-order chi connectivity index (χ0) is 14.3. The standard InChI is InChI=1S/C15H13NO4/c1-2-20-15(19)14(18)10-7-9-8-5-3-4-6-11(8)16-12(9)13(10)17/h3-6,16-17H,2,7H2,1H3. The summed E-state index contributed by atoms with van der Waals surface area (Å²) in [5.74, 6) is -1.87. The summed E-state index contributed by atoms with van der Waals surface area (Å²) in [5, 5.41) is 11.1. The number of carbonyl (C=O) groups excluding carboxylic acids is 2. The summed E-state index contributed by atoms with van der Waals surface area (Å²) in [6.45, 7) is 1.76. The number of benzene rings is 1. The van der Waals surface area contributed by atoms with Crippen LogP contribution in [0.25, 0.3) is 16.7 Å². The second kappa shape index (κ2) is 4.52. The number of esters is 1. The maximum Gasteiger partial charge on any atom is 0.379 e. The maximum absolute atomic E-state index is 11.9. The van der Waals surface area contributed by atoms with Crippen molar-refractivity contribution in [2.45, 2.75) is 13.3 Å². The number of hydrogen-bond donors (Lipinski definition) is 2. The van der Waals surface area contributed by atoms with Gasteiger partial charge in [0.25, 0.3) is 5.78 Å². The minimum atomic E-state index is -0.927. The minimum absolute atomic E-state index is 0.0930. The van der Waals surface area contributed by atoms with Crippen molar-refractivity contribution in [2.24, 2.45) is 0 Å². The Morgan fingerprint density at radius 3 is 2.85 bits per heavy atom. The lowest BCUT2D eigenvalue weighted by molar-refractivity contribution is -0.151. The molecule has 0 saturated carbocycles. The lowest BCUT2D eigenvalue weighted by Crippen LogP contribution is -2.20. The van der Waals surface area contributed by atoms with E-state index in [-0.39, 0.29) is 24.4 Å². The number of fused-ring (bicyclic) bond motifs is 3. The average molecular weight is 271 g/mol.